The zero-order valence-corrected chi connectivity index (χ0v) is 14.8. The molecule has 0 unspecified atom stereocenters. The van der Waals surface area contributed by atoms with E-state index in [1.54, 1.807) is 18.3 Å². The topological polar surface area (TPSA) is 70.4 Å². The van der Waals surface area contributed by atoms with Crippen LogP contribution in [0.15, 0.2) is 59.5 Å². The van der Waals surface area contributed by atoms with E-state index in [1.807, 2.05) is 30.3 Å². The molecule has 1 aromatic carbocycles. The number of carbonyl (C=O) groups excluding carboxylic acids is 1. The molecule has 0 radical (unpaired) electrons. The summed E-state index contributed by atoms with van der Waals surface area (Å²) in [6.45, 7) is 1.36. The molecular formula is C21H20N2O4. The van der Waals surface area contributed by atoms with Crippen LogP contribution in [0.25, 0.3) is 16.7 Å². The molecule has 2 aromatic heterocycles. The smallest absolute Gasteiger partial charge is 0.311 e. The van der Waals surface area contributed by atoms with Gasteiger partial charge in [-0.05, 0) is 43.0 Å². The van der Waals surface area contributed by atoms with E-state index in [2.05, 4.69) is 4.98 Å². The molecule has 0 atom stereocenters. The Balaban J connectivity index is 1.68. The maximum Gasteiger partial charge on any atom is 0.311 e. The van der Waals surface area contributed by atoms with Crippen molar-refractivity contribution in [3.8, 4) is 11.4 Å². The highest BCUT2D eigenvalue weighted by atomic mass is 16.5. The van der Waals surface area contributed by atoms with E-state index in [9.17, 15) is 9.59 Å². The summed E-state index contributed by atoms with van der Waals surface area (Å²) in [5, 5.41) is 0.626. The first-order valence-electron chi connectivity index (χ1n) is 9.07. The fourth-order valence-electron chi connectivity index (χ4n) is 3.39. The maximum atomic E-state index is 12.7. The maximum absolute atomic E-state index is 12.7. The quantitative estimate of drug-likeness (QED) is 0.665. The van der Waals surface area contributed by atoms with E-state index in [-0.39, 0.29) is 23.2 Å². The predicted molar refractivity (Wildman–Crippen MR) is 101 cm³/mol. The van der Waals surface area contributed by atoms with Crippen molar-refractivity contribution in [2.45, 2.75) is 19.3 Å². The highest BCUT2D eigenvalue weighted by Gasteiger charge is 2.20. The Morgan fingerprint density at radius 3 is 2.70 bits per heavy atom. The Morgan fingerprint density at radius 1 is 1.15 bits per heavy atom. The number of ether oxygens (including phenoxy) is 2. The van der Waals surface area contributed by atoms with Gasteiger partial charge in [-0.15, -0.1) is 0 Å². The third-order valence-corrected chi connectivity index (χ3v) is 4.77. The first-order chi connectivity index (χ1) is 13.2. The number of hydrogen-bond acceptors (Lipinski definition) is 5. The number of aromatic nitrogens is 2. The lowest BCUT2D eigenvalue weighted by atomic mass is 9.97. The van der Waals surface area contributed by atoms with Crippen molar-refractivity contribution in [3.05, 3.63) is 65.1 Å². The molecule has 27 heavy (non-hydrogen) atoms. The van der Waals surface area contributed by atoms with Crippen LogP contribution in [0.4, 0.5) is 0 Å². The highest BCUT2D eigenvalue weighted by molar-refractivity contribution is 5.86. The van der Waals surface area contributed by atoms with Crippen molar-refractivity contribution in [1.29, 1.82) is 0 Å². The molecule has 0 aliphatic carbocycles. The van der Waals surface area contributed by atoms with Gasteiger partial charge in [0.2, 0.25) is 0 Å². The van der Waals surface area contributed by atoms with Gasteiger partial charge in [0.25, 0.3) is 5.56 Å². The van der Waals surface area contributed by atoms with Gasteiger partial charge in [0.15, 0.2) is 5.65 Å². The number of nitrogens with zero attached hydrogens (tertiary/aromatic N) is 2. The Bertz CT molecular complexity index is 1010. The molecule has 0 amide bonds. The third kappa shape index (κ3) is 3.75. The van der Waals surface area contributed by atoms with Crippen LogP contribution in [-0.2, 0) is 9.53 Å². The Hall–Kier alpha value is -2.99. The molecule has 1 fully saturated rings. The van der Waals surface area contributed by atoms with Crippen LogP contribution in [0.2, 0.25) is 0 Å². The number of fused-ring (bicyclic) bond motifs is 1. The van der Waals surface area contributed by atoms with Crippen molar-refractivity contribution in [3.63, 3.8) is 0 Å². The Kier molecular flexibility index (Phi) is 4.98. The van der Waals surface area contributed by atoms with Crippen LogP contribution in [0.5, 0.6) is 5.75 Å². The van der Waals surface area contributed by atoms with Gasteiger partial charge < -0.3 is 9.47 Å². The Labute approximate surface area is 156 Å². The molecule has 0 saturated carbocycles. The zero-order chi connectivity index (χ0) is 18.6. The average Bonchev–Trinajstić information content (AvgIpc) is 2.69. The van der Waals surface area contributed by atoms with Crippen molar-refractivity contribution >= 4 is 17.0 Å². The number of hydrogen-bond donors (Lipinski definition) is 0. The number of pyridine rings is 2. The standard InChI is InChI=1S/C21H20N2O4/c24-19-14-18(27-20(25)13-15-8-11-26-12-9-15)17-7-4-10-22-21(17)23(19)16-5-2-1-3-6-16/h1-7,10,14-15H,8-9,11-13H2. The Morgan fingerprint density at radius 2 is 1.93 bits per heavy atom. The molecular weight excluding hydrogens is 344 g/mol. The lowest BCUT2D eigenvalue weighted by Crippen LogP contribution is -2.23. The van der Waals surface area contributed by atoms with Crippen LogP contribution in [0, 0.1) is 5.92 Å². The minimum Gasteiger partial charge on any atom is -0.426 e. The number of esters is 1. The van der Waals surface area contributed by atoms with E-state index in [4.69, 9.17) is 9.47 Å². The molecule has 3 aromatic rings. The molecule has 4 rings (SSSR count). The van der Waals surface area contributed by atoms with E-state index in [1.165, 1.54) is 10.6 Å². The molecule has 1 aliphatic heterocycles. The van der Waals surface area contributed by atoms with Crippen molar-refractivity contribution in [2.75, 3.05) is 13.2 Å². The van der Waals surface area contributed by atoms with Gasteiger partial charge in [-0.2, -0.15) is 0 Å². The molecule has 1 saturated heterocycles. The summed E-state index contributed by atoms with van der Waals surface area (Å²) in [5.41, 5.74) is 0.887. The number of rotatable bonds is 4. The molecule has 6 heteroatoms. The normalized spacial score (nSPS) is 15.0. The van der Waals surface area contributed by atoms with Gasteiger partial charge in [0.1, 0.15) is 5.75 Å². The zero-order valence-electron chi connectivity index (χ0n) is 14.8. The molecule has 0 spiro atoms. The van der Waals surface area contributed by atoms with Crippen molar-refractivity contribution < 1.29 is 14.3 Å². The molecule has 3 heterocycles. The van der Waals surface area contributed by atoms with Gasteiger partial charge in [-0.25, -0.2) is 4.98 Å². The first kappa shape index (κ1) is 17.4. The first-order valence-corrected chi connectivity index (χ1v) is 9.07. The molecule has 1 aliphatic rings. The largest absolute Gasteiger partial charge is 0.426 e. The summed E-state index contributed by atoms with van der Waals surface area (Å²) in [5.74, 6) is 0.191. The summed E-state index contributed by atoms with van der Waals surface area (Å²) >= 11 is 0. The lowest BCUT2D eigenvalue weighted by molar-refractivity contribution is -0.136. The third-order valence-electron chi connectivity index (χ3n) is 4.77. The summed E-state index contributed by atoms with van der Waals surface area (Å²) in [6, 6.07) is 14.2. The van der Waals surface area contributed by atoms with Crippen molar-refractivity contribution in [1.82, 2.24) is 9.55 Å². The second-order valence-electron chi connectivity index (χ2n) is 6.63. The van der Waals surface area contributed by atoms with E-state index in [0.29, 0.717) is 36.4 Å². The summed E-state index contributed by atoms with van der Waals surface area (Å²) in [7, 11) is 0. The van der Waals surface area contributed by atoms with Crippen LogP contribution in [0.1, 0.15) is 19.3 Å². The number of para-hydroxylation sites is 1. The fourth-order valence-corrected chi connectivity index (χ4v) is 3.39. The van der Waals surface area contributed by atoms with E-state index in [0.717, 1.165) is 12.8 Å². The highest BCUT2D eigenvalue weighted by Crippen LogP contribution is 2.26. The van der Waals surface area contributed by atoms with Gasteiger partial charge in [0.05, 0.1) is 11.1 Å². The van der Waals surface area contributed by atoms with Crippen LogP contribution in [-0.4, -0.2) is 28.7 Å². The van der Waals surface area contributed by atoms with Gasteiger partial charge >= 0.3 is 5.97 Å². The van der Waals surface area contributed by atoms with Crippen LogP contribution >= 0.6 is 0 Å². The van der Waals surface area contributed by atoms with Crippen molar-refractivity contribution in [2.24, 2.45) is 5.92 Å². The fraction of sp³-hybridized carbons (Fsp3) is 0.286. The van der Waals surface area contributed by atoms with Gasteiger partial charge in [-0.3, -0.25) is 14.2 Å². The predicted octanol–water partition coefficient (Wildman–Crippen LogP) is 3.11. The van der Waals surface area contributed by atoms with Gasteiger partial charge in [-0.1, -0.05) is 18.2 Å². The lowest BCUT2D eigenvalue weighted by Gasteiger charge is -2.21. The average molecular weight is 364 g/mol. The van der Waals surface area contributed by atoms with E-state index < -0.39 is 0 Å². The number of carbonyl (C=O) groups is 1. The monoisotopic (exact) mass is 364 g/mol. The summed E-state index contributed by atoms with van der Waals surface area (Å²) in [6.07, 6.45) is 3.65. The second kappa shape index (κ2) is 7.72. The summed E-state index contributed by atoms with van der Waals surface area (Å²) < 4.78 is 12.4. The van der Waals surface area contributed by atoms with Gasteiger partial charge in [0, 0.05) is 31.9 Å². The molecule has 0 N–H and O–H groups in total. The number of benzene rings is 1. The summed E-state index contributed by atoms with van der Waals surface area (Å²) in [4.78, 5) is 29.5. The molecule has 138 valence electrons. The van der Waals surface area contributed by atoms with Crippen LogP contribution in [0.3, 0.4) is 0 Å². The van der Waals surface area contributed by atoms with Crippen LogP contribution < -0.4 is 10.3 Å². The SMILES string of the molecule is O=C(CC1CCOCC1)Oc1cc(=O)n(-c2ccccc2)c2ncccc12. The molecule has 0 bridgehead atoms. The minimum absolute atomic E-state index is 0.257. The minimum atomic E-state index is -0.330. The second-order valence-corrected chi connectivity index (χ2v) is 6.63. The van der Waals surface area contributed by atoms with E-state index >= 15 is 0 Å². The molecule has 6 nitrogen and oxygen atoms in total.